The van der Waals surface area contributed by atoms with Crippen LogP contribution in [0.25, 0.3) is 10.9 Å². The van der Waals surface area contributed by atoms with Crippen LogP contribution in [0.1, 0.15) is 18.1 Å². The van der Waals surface area contributed by atoms with Gasteiger partial charge in [0.05, 0.1) is 31.7 Å². The topological polar surface area (TPSA) is 91.6 Å². The molecule has 0 saturated heterocycles. The van der Waals surface area contributed by atoms with Crippen LogP contribution in [0.3, 0.4) is 0 Å². The van der Waals surface area contributed by atoms with E-state index in [1.54, 1.807) is 24.3 Å². The first-order chi connectivity index (χ1) is 17.4. The molecule has 0 radical (unpaired) electrons. The number of fused-ring (bicyclic) bond motifs is 1. The van der Waals surface area contributed by atoms with Crippen molar-refractivity contribution in [3.8, 4) is 11.5 Å². The molecule has 0 bridgehead atoms. The van der Waals surface area contributed by atoms with Crippen LogP contribution >= 0.6 is 11.6 Å². The highest BCUT2D eigenvalue weighted by Crippen LogP contribution is 2.30. The SMILES string of the molecule is CCc1ccc(NC(=O)Cn2c(=O)n(Cc3ccccc3Cl)c(=O)c3cc(OC)c(OC)cc32)cc1. The zero-order chi connectivity index (χ0) is 25.8. The Kier molecular flexibility index (Phi) is 7.45. The molecule has 0 aliphatic heterocycles. The third-order valence-corrected chi connectivity index (χ3v) is 6.33. The molecule has 1 aromatic heterocycles. The minimum absolute atomic E-state index is 0.0538. The molecule has 186 valence electrons. The van der Waals surface area contributed by atoms with E-state index in [1.807, 2.05) is 31.2 Å². The third-order valence-electron chi connectivity index (χ3n) is 5.96. The van der Waals surface area contributed by atoms with E-state index in [1.165, 1.54) is 30.9 Å². The fraction of sp³-hybridized carbons (Fsp3) is 0.222. The molecule has 0 aliphatic rings. The summed E-state index contributed by atoms with van der Waals surface area (Å²) in [4.78, 5) is 40.0. The Morgan fingerprint density at radius 3 is 2.25 bits per heavy atom. The number of methoxy groups -OCH3 is 2. The van der Waals surface area contributed by atoms with Gasteiger partial charge in [-0.2, -0.15) is 0 Å². The Morgan fingerprint density at radius 2 is 1.61 bits per heavy atom. The maximum Gasteiger partial charge on any atom is 0.332 e. The van der Waals surface area contributed by atoms with Gasteiger partial charge in [-0.3, -0.25) is 18.7 Å². The largest absolute Gasteiger partial charge is 0.493 e. The lowest BCUT2D eigenvalue weighted by molar-refractivity contribution is -0.116. The van der Waals surface area contributed by atoms with Crippen LogP contribution in [-0.4, -0.2) is 29.3 Å². The van der Waals surface area contributed by atoms with Crippen molar-refractivity contribution >= 4 is 34.1 Å². The predicted molar refractivity (Wildman–Crippen MR) is 141 cm³/mol. The highest BCUT2D eigenvalue weighted by Gasteiger charge is 2.19. The van der Waals surface area contributed by atoms with Crippen LogP contribution in [0.15, 0.2) is 70.3 Å². The maximum absolute atomic E-state index is 13.6. The summed E-state index contributed by atoms with van der Waals surface area (Å²) in [5, 5.41) is 3.45. The standard InChI is InChI=1S/C27H26ClN3O5/c1-4-17-9-11-19(12-10-17)29-25(32)16-30-22-14-24(36-3)23(35-2)13-20(22)26(33)31(27(30)34)15-18-7-5-6-8-21(18)28/h5-14H,4,15-16H2,1-3H3,(H,29,32). The lowest BCUT2D eigenvalue weighted by Gasteiger charge is -2.17. The molecule has 1 amide bonds. The van der Waals surface area contributed by atoms with E-state index in [-0.39, 0.29) is 24.0 Å². The van der Waals surface area contributed by atoms with Gasteiger partial charge >= 0.3 is 5.69 Å². The Labute approximate surface area is 212 Å². The van der Waals surface area contributed by atoms with Crippen LogP contribution in [0, 0.1) is 0 Å². The maximum atomic E-state index is 13.6. The van der Waals surface area contributed by atoms with Crippen molar-refractivity contribution in [2.24, 2.45) is 0 Å². The first kappa shape index (κ1) is 25.1. The van der Waals surface area contributed by atoms with Crippen molar-refractivity contribution in [3.63, 3.8) is 0 Å². The number of hydrogen-bond donors (Lipinski definition) is 1. The van der Waals surface area contributed by atoms with E-state index in [0.29, 0.717) is 27.8 Å². The van der Waals surface area contributed by atoms with E-state index in [4.69, 9.17) is 21.1 Å². The molecule has 4 aromatic rings. The molecule has 0 fully saturated rings. The number of carbonyl (C=O) groups is 1. The van der Waals surface area contributed by atoms with Gasteiger partial charge in [-0.05, 0) is 41.8 Å². The van der Waals surface area contributed by atoms with Gasteiger partial charge in [0.2, 0.25) is 5.91 Å². The van der Waals surface area contributed by atoms with E-state index < -0.39 is 17.2 Å². The summed E-state index contributed by atoms with van der Waals surface area (Å²) in [6.07, 6.45) is 0.883. The average Bonchev–Trinajstić information content (AvgIpc) is 2.89. The number of nitrogens with one attached hydrogen (secondary N) is 1. The third kappa shape index (κ3) is 4.99. The fourth-order valence-electron chi connectivity index (χ4n) is 4.00. The van der Waals surface area contributed by atoms with Crippen LogP contribution in [-0.2, 0) is 24.3 Å². The Bertz CT molecular complexity index is 1540. The molecule has 0 spiro atoms. The Balaban J connectivity index is 1.83. The predicted octanol–water partition coefficient (Wildman–Crippen LogP) is 4.08. The van der Waals surface area contributed by atoms with Gasteiger partial charge in [0.1, 0.15) is 6.54 Å². The molecular formula is C27H26ClN3O5. The highest BCUT2D eigenvalue weighted by atomic mass is 35.5. The van der Waals surface area contributed by atoms with Crippen LogP contribution in [0.5, 0.6) is 11.5 Å². The van der Waals surface area contributed by atoms with Crippen molar-refractivity contribution in [1.82, 2.24) is 9.13 Å². The summed E-state index contributed by atoms with van der Waals surface area (Å²) in [6, 6.07) is 17.5. The Morgan fingerprint density at radius 1 is 0.944 bits per heavy atom. The number of nitrogens with zero attached hydrogens (tertiary/aromatic N) is 2. The first-order valence-electron chi connectivity index (χ1n) is 11.4. The number of halogens is 1. The summed E-state index contributed by atoms with van der Waals surface area (Å²) in [5.74, 6) is 0.245. The zero-order valence-electron chi connectivity index (χ0n) is 20.2. The number of aromatic nitrogens is 2. The van der Waals surface area contributed by atoms with Crippen molar-refractivity contribution < 1.29 is 14.3 Å². The molecule has 4 rings (SSSR count). The van der Waals surface area contributed by atoms with E-state index in [0.717, 1.165) is 16.6 Å². The number of amides is 1. The van der Waals surface area contributed by atoms with E-state index in [2.05, 4.69) is 5.32 Å². The average molecular weight is 508 g/mol. The summed E-state index contributed by atoms with van der Waals surface area (Å²) in [5.41, 5.74) is 1.44. The second kappa shape index (κ2) is 10.7. The summed E-state index contributed by atoms with van der Waals surface area (Å²) in [7, 11) is 2.91. The molecule has 0 atom stereocenters. The summed E-state index contributed by atoms with van der Waals surface area (Å²) >= 11 is 6.30. The number of ether oxygens (including phenoxy) is 2. The van der Waals surface area contributed by atoms with Crippen molar-refractivity contribution in [2.75, 3.05) is 19.5 Å². The monoisotopic (exact) mass is 507 g/mol. The molecule has 1 heterocycles. The molecule has 8 nitrogen and oxygen atoms in total. The van der Waals surface area contributed by atoms with E-state index >= 15 is 0 Å². The quantitative estimate of drug-likeness (QED) is 0.388. The van der Waals surface area contributed by atoms with Gasteiger partial charge in [-0.15, -0.1) is 0 Å². The van der Waals surface area contributed by atoms with Crippen molar-refractivity contribution in [3.05, 3.63) is 97.7 Å². The van der Waals surface area contributed by atoms with Gasteiger partial charge in [0, 0.05) is 16.8 Å². The van der Waals surface area contributed by atoms with Gasteiger partial charge < -0.3 is 14.8 Å². The lowest BCUT2D eigenvalue weighted by atomic mass is 10.1. The highest BCUT2D eigenvalue weighted by molar-refractivity contribution is 6.31. The minimum Gasteiger partial charge on any atom is -0.493 e. The lowest BCUT2D eigenvalue weighted by Crippen LogP contribution is -2.42. The number of hydrogen-bond acceptors (Lipinski definition) is 5. The van der Waals surface area contributed by atoms with Gasteiger partial charge in [-0.1, -0.05) is 48.9 Å². The second-order valence-electron chi connectivity index (χ2n) is 8.17. The smallest absolute Gasteiger partial charge is 0.332 e. The fourth-order valence-corrected chi connectivity index (χ4v) is 4.20. The van der Waals surface area contributed by atoms with Gasteiger partial charge in [-0.25, -0.2) is 4.79 Å². The number of benzene rings is 3. The Hall–Kier alpha value is -4.04. The molecule has 3 aromatic carbocycles. The molecule has 0 saturated carbocycles. The van der Waals surface area contributed by atoms with Crippen molar-refractivity contribution in [2.45, 2.75) is 26.4 Å². The summed E-state index contributed by atoms with van der Waals surface area (Å²) in [6.45, 7) is 1.68. The zero-order valence-corrected chi connectivity index (χ0v) is 21.0. The normalized spacial score (nSPS) is 10.9. The molecule has 9 heteroatoms. The summed E-state index contributed by atoms with van der Waals surface area (Å²) < 4.78 is 13.1. The second-order valence-corrected chi connectivity index (χ2v) is 8.58. The minimum atomic E-state index is -0.642. The van der Waals surface area contributed by atoms with Crippen LogP contribution in [0.2, 0.25) is 5.02 Å². The van der Waals surface area contributed by atoms with Gasteiger partial charge in [0.15, 0.2) is 11.5 Å². The van der Waals surface area contributed by atoms with Crippen LogP contribution < -0.4 is 26.0 Å². The van der Waals surface area contributed by atoms with Gasteiger partial charge in [0.25, 0.3) is 5.56 Å². The first-order valence-corrected chi connectivity index (χ1v) is 11.8. The molecule has 1 N–H and O–H groups in total. The molecule has 0 unspecified atom stereocenters. The number of rotatable bonds is 8. The van der Waals surface area contributed by atoms with Crippen molar-refractivity contribution in [1.29, 1.82) is 0 Å². The molecular weight excluding hydrogens is 482 g/mol. The number of anilines is 1. The molecule has 0 aliphatic carbocycles. The number of carbonyl (C=O) groups excluding carboxylic acids is 1. The molecule has 36 heavy (non-hydrogen) atoms. The van der Waals surface area contributed by atoms with Crippen LogP contribution in [0.4, 0.5) is 5.69 Å². The number of aryl methyl sites for hydroxylation is 1. The van der Waals surface area contributed by atoms with E-state index in [9.17, 15) is 14.4 Å².